The van der Waals surface area contributed by atoms with Crippen LogP contribution in [0.2, 0.25) is 0 Å². The molecule has 0 bridgehead atoms. The maximum absolute atomic E-state index is 16.2. The molecule has 1 fully saturated rings. The van der Waals surface area contributed by atoms with Crippen molar-refractivity contribution in [3.63, 3.8) is 0 Å². The number of carbonyl (C=O) groups is 1. The number of nitrogens with zero attached hydrogens (tertiary/aromatic N) is 3. The number of carbonyl (C=O) groups excluding carboxylic acids is 1. The Balaban J connectivity index is 1.65. The zero-order chi connectivity index (χ0) is 24.7. The molecule has 2 atom stereocenters. The highest BCUT2D eigenvalue weighted by molar-refractivity contribution is 9.10. The Morgan fingerprint density at radius 1 is 1.32 bits per heavy atom. The fourth-order valence-corrected chi connectivity index (χ4v) is 7.01. The smallest absolute Gasteiger partial charge is 0.278 e. The summed E-state index contributed by atoms with van der Waals surface area (Å²) in [6.45, 7) is 0.813. The molecule has 0 unspecified atom stereocenters. The Bertz CT molecular complexity index is 1420. The van der Waals surface area contributed by atoms with Crippen molar-refractivity contribution in [2.75, 3.05) is 18.8 Å². The molecule has 1 aliphatic heterocycles. The highest BCUT2D eigenvalue weighted by atomic mass is 79.9. The fourth-order valence-electron chi connectivity index (χ4n) is 3.75. The number of hydrogen-bond donors (Lipinski definition) is 0. The number of thiazole rings is 1. The monoisotopic (exact) mass is 565 g/mol. The zero-order valence-corrected chi connectivity index (χ0v) is 21.1. The molecule has 3 aromatic rings. The number of nitriles is 1. The predicted octanol–water partition coefficient (Wildman–Crippen LogP) is 4.76. The van der Waals surface area contributed by atoms with Crippen molar-refractivity contribution in [2.24, 2.45) is 0 Å². The molecule has 1 saturated heterocycles. The third-order valence-electron chi connectivity index (χ3n) is 5.78. The molecule has 2 heterocycles. The van der Waals surface area contributed by atoms with Crippen LogP contribution < -0.4 is 0 Å². The molecular formula is C23H18BrF2N3O3S2. The maximum Gasteiger partial charge on any atom is 0.278 e. The number of hydrogen-bond acceptors (Lipinski definition) is 6. The summed E-state index contributed by atoms with van der Waals surface area (Å²) in [6, 6.07) is 12.5. The van der Waals surface area contributed by atoms with E-state index >= 15 is 4.39 Å². The minimum atomic E-state index is -4.28. The minimum Gasteiger partial charge on any atom is -0.333 e. The van der Waals surface area contributed by atoms with Crippen molar-refractivity contribution in [2.45, 2.75) is 17.8 Å². The number of aromatic nitrogens is 1. The van der Waals surface area contributed by atoms with E-state index in [0.29, 0.717) is 14.9 Å². The van der Waals surface area contributed by atoms with E-state index in [9.17, 15) is 22.9 Å². The van der Waals surface area contributed by atoms with Gasteiger partial charge in [0.2, 0.25) is 0 Å². The van der Waals surface area contributed by atoms with Gasteiger partial charge in [-0.1, -0.05) is 25.1 Å². The van der Waals surface area contributed by atoms with Gasteiger partial charge in [-0.3, -0.25) is 4.79 Å². The second-order valence-corrected chi connectivity index (χ2v) is 12.1. The SMILES string of the molecule is C[C@@H](c1cnc([C@]2(F)CN(C(=O)c3ccc(Br)c(C#N)c3)CCS2(=O)=O)s1)c1ccccc1F. The molecule has 4 rings (SSSR count). The first kappa shape index (κ1) is 24.4. The summed E-state index contributed by atoms with van der Waals surface area (Å²) in [7, 11) is -4.28. The maximum atomic E-state index is 16.2. The number of amides is 1. The second kappa shape index (κ2) is 9.17. The van der Waals surface area contributed by atoms with Crippen molar-refractivity contribution in [1.82, 2.24) is 9.88 Å². The molecule has 0 aliphatic carbocycles. The van der Waals surface area contributed by atoms with Gasteiger partial charge in [0.05, 0.1) is 17.9 Å². The largest absolute Gasteiger partial charge is 0.333 e. The normalized spacial score (nSPS) is 20.5. The fraction of sp³-hybridized carbons (Fsp3) is 0.261. The van der Waals surface area contributed by atoms with Gasteiger partial charge in [-0.15, -0.1) is 11.3 Å². The average molecular weight is 566 g/mol. The molecule has 0 saturated carbocycles. The molecule has 2 aromatic carbocycles. The van der Waals surface area contributed by atoms with Crippen LogP contribution in [0, 0.1) is 17.1 Å². The Labute approximate surface area is 207 Å². The molecule has 11 heteroatoms. The van der Waals surface area contributed by atoms with Crippen LogP contribution in [-0.4, -0.2) is 43.1 Å². The van der Waals surface area contributed by atoms with E-state index in [1.54, 1.807) is 25.1 Å². The van der Waals surface area contributed by atoms with Crippen molar-refractivity contribution < 1.29 is 22.0 Å². The first-order valence-electron chi connectivity index (χ1n) is 10.2. The van der Waals surface area contributed by atoms with Crippen LogP contribution in [0.3, 0.4) is 0 Å². The molecule has 0 radical (unpaired) electrons. The third-order valence-corrected chi connectivity index (χ3v) is 9.95. The number of alkyl halides is 1. The molecule has 6 nitrogen and oxygen atoms in total. The lowest BCUT2D eigenvalue weighted by atomic mass is 10.00. The van der Waals surface area contributed by atoms with Gasteiger partial charge in [0.25, 0.3) is 10.9 Å². The van der Waals surface area contributed by atoms with Gasteiger partial charge in [-0.25, -0.2) is 22.2 Å². The number of sulfone groups is 1. The quantitative estimate of drug-likeness (QED) is 0.454. The van der Waals surface area contributed by atoms with Crippen LogP contribution in [0.5, 0.6) is 0 Å². The lowest BCUT2D eigenvalue weighted by Crippen LogP contribution is -2.53. The van der Waals surface area contributed by atoms with E-state index in [4.69, 9.17) is 0 Å². The van der Waals surface area contributed by atoms with E-state index < -0.39 is 44.8 Å². The van der Waals surface area contributed by atoms with Crippen LogP contribution in [0.1, 0.15) is 44.2 Å². The standard InChI is InChI=1S/C23H18BrF2N3O3S2/c1-14(17-4-2-3-5-19(17)25)20-12-28-22(33-20)23(26)13-29(8-9-34(23,31)32)21(30)15-6-7-18(24)16(10-15)11-27/h2-7,10,12,14H,8-9,13H2,1H3/t14-,23+/m1/s1. The van der Waals surface area contributed by atoms with E-state index in [0.717, 1.165) is 16.2 Å². The van der Waals surface area contributed by atoms with Gasteiger partial charge in [-0.05, 0) is 45.8 Å². The van der Waals surface area contributed by atoms with Crippen LogP contribution in [-0.2, 0) is 14.8 Å². The molecule has 0 N–H and O–H groups in total. The first-order chi connectivity index (χ1) is 16.1. The summed E-state index contributed by atoms with van der Waals surface area (Å²) in [4.78, 5) is 18.7. The van der Waals surface area contributed by atoms with Gasteiger partial charge >= 0.3 is 0 Å². The Hall–Kier alpha value is -2.68. The summed E-state index contributed by atoms with van der Waals surface area (Å²) in [5.41, 5.74) is 0.764. The van der Waals surface area contributed by atoms with Crippen molar-refractivity contribution in [3.8, 4) is 6.07 Å². The van der Waals surface area contributed by atoms with Gasteiger partial charge < -0.3 is 4.90 Å². The van der Waals surface area contributed by atoms with Crippen molar-refractivity contribution in [3.05, 3.63) is 85.5 Å². The number of benzene rings is 2. The molecule has 34 heavy (non-hydrogen) atoms. The Morgan fingerprint density at radius 3 is 2.76 bits per heavy atom. The van der Waals surface area contributed by atoms with Gasteiger partial charge in [-0.2, -0.15) is 5.26 Å². The van der Waals surface area contributed by atoms with Crippen LogP contribution in [0.25, 0.3) is 0 Å². The summed E-state index contributed by atoms with van der Waals surface area (Å²) in [5, 5.41) is 6.02. The van der Waals surface area contributed by atoms with Crippen LogP contribution in [0.4, 0.5) is 8.78 Å². The summed E-state index contributed by atoms with van der Waals surface area (Å²) < 4.78 is 56.5. The summed E-state index contributed by atoms with van der Waals surface area (Å²) in [5.74, 6) is -2.05. The van der Waals surface area contributed by atoms with Gasteiger partial charge in [0.1, 0.15) is 16.9 Å². The zero-order valence-electron chi connectivity index (χ0n) is 17.8. The van der Waals surface area contributed by atoms with Gasteiger partial charge in [0.15, 0.2) is 9.84 Å². The van der Waals surface area contributed by atoms with Crippen LogP contribution >= 0.6 is 27.3 Å². The molecule has 0 spiro atoms. The van der Waals surface area contributed by atoms with E-state index in [2.05, 4.69) is 20.9 Å². The minimum absolute atomic E-state index is 0.148. The molecule has 1 aromatic heterocycles. The third kappa shape index (κ3) is 4.26. The number of halogens is 3. The Morgan fingerprint density at radius 2 is 2.06 bits per heavy atom. The highest BCUT2D eigenvalue weighted by Crippen LogP contribution is 2.41. The Kier molecular flexibility index (Phi) is 6.59. The van der Waals surface area contributed by atoms with E-state index in [1.807, 2.05) is 6.07 Å². The topological polar surface area (TPSA) is 91.1 Å². The number of rotatable bonds is 4. The lowest BCUT2D eigenvalue weighted by molar-refractivity contribution is 0.0666. The van der Waals surface area contributed by atoms with E-state index in [-0.39, 0.29) is 22.7 Å². The van der Waals surface area contributed by atoms with E-state index in [1.165, 1.54) is 30.5 Å². The van der Waals surface area contributed by atoms with Crippen molar-refractivity contribution >= 4 is 43.0 Å². The van der Waals surface area contributed by atoms with Crippen LogP contribution in [0.15, 0.2) is 53.1 Å². The lowest BCUT2D eigenvalue weighted by Gasteiger charge is -2.35. The first-order valence-corrected chi connectivity index (χ1v) is 13.4. The summed E-state index contributed by atoms with van der Waals surface area (Å²) >= 11 is 4.07. The molecule has 1 aliphatic rings. The highest BCUT2D eigenvalue weighted by Gasteiger charge is 2.53. The predicted molar refractivity (Wildman–Crippen MR) is 127 cm³/mol. The summed E-state index contributed by atoms with van der Waals surface area (Å²) in [6.07, 6.45) is 1.35. The molecule has 176 valence electrons. The van der Waals surface area contributed by atoms with Crippen molar-refractivity contribution in [1.29, 1.82) is 5.26 Å². The molecule has 1 amide bonds. The van der Waals surface area contributed by atoms with Gasteiger partial charge in [0, 0.05) is 33.6 Å². The average Bonchev–Trinajstić information content (AvgIpc) is 3.32. The molecular weight excluding hydrogens is 548 g/mol. The second-order valence-electron chi connectivity index (χ2n) is 7.89.